The van der Waals surface area contributed by atoms with E-state index in [9.17, 15) is 0 Å². The Balaban J connectivity index is 2.00. The minimum Gasteiger partial charge on any atom is -0.384 e. The van der Waals surface area contributed by atoms with Gasteiger partial charge in [-0.2, -0.15) is 0 Å². The second kappa shape index (κ2) is 5.36. The average Bonchev–Trinajstić information content (AvgIpc) is 2.38. The SMILES string of the molecule is COC(C)(C)CCNc1cnc2ccccc2c1. The van der Waals surface area contributed by atoms with Crippen molar-refractivity contribution >= 4 is 16.6 Å². The number of para-hydroxylation sites is 1. The molecule has 2 rings (SSSR count). The number of aromatic nitrogens is 1. The van der Waals surface area contributed by atoms with E-state index in [4.69, 9.17) is 4.74 Å². The number of fused-ring (bicyclic) bond motifs is 1. The first-order valence-corrected chi connectivity index (χ1v) is 6.24. The Morgan fingerprint density at radius 1 is 1.28 bits per heavy atom. The highest BCUT2D eigenvalue weighted by atomic mass is 16.5. The number of ether oxygens (including phenoxy) is 1. The average molecular weight is 244 g/mol. The number of rotatable bonds is 5. The summed E-state index contributed by atoms with van der Waals surface area (Å²) in [5.74, 6) is 0. The van der Waals surface area contributed by atoms with E-state index < -0.39 is 0 Å². The highest BCUT2D eigenvalue weighted by Crippen LogP contribution is 2.17. The highest BCUT2D eigenvalue weighted by molar-refractivity contribution is 5.81. The predicted molar refractivity (Wildman–Crippen MR) is 75.9 cm³/mol. The van der Waals surface area contributed by atoms with Crippen molar-refractivity contribution in [1.29, 1.82) is 0 Å². The lowest BCUT2D eigenvalue weighted by molar-refractivity contribution is 0.0185. The van der Waals surface area contributed by atoms with E-state index in [0.717, 1.165) is 29.6 Å². The van der Waals surface area contributed by atoms with E-state index >= 15 is 0 Å². The Bertz CT molecular complexity index is 523. The Kier molecular flexibility index (Phi) is 3.82. The summed E-state index contributed by atoms with van der Waals surface area (Å²) in [5, 5.41) is 4.55. The molecule has 0 amide bonds. The fraction of sp³-hybridized carbons (Fsp3) is 0.400. The second-order valence-corrected chi connectivity index (χ2v) is 5.06. The molecule has 0 aliphatic rings. The molecule has 18 heavy (non-hydrogen) atoms. The van der Waals surface area contributed by atoms with Gasteiger partial charge in [0.25, 0.3) is 0 Å². The molecule has 0 unspecified atom stereocenters. The van der Waals surface area contributed by atoms with Crippen LogP contribution in [0.1, 0.15) is 20.3 Å². The van der Waals surface area contributed by atoms with Crippen molar-refractivity contribution in [2.45, 2.75) is 25.9 Å². The molecule has 1 heterocycles. The minimum absolute atomic E-state index is 0.0860. The number of benzene rings is 1. The van der Waals surface area contributed by atoms with Crippen molar-refractivity contribution in [2.75, 3.05) is 19.0 Å². The van der Waals surface area contributed by atoms with E-state index in [2.05, 4.69) is 36.3 Å². The molecule has 96 valence electrons. The summed E-state index contributed by atoms with van der Waals surface area (Å²) >= 11 is 0. The Hall–Kier alpha value is -1.61. The third kappa shape index (κ3) is 3.20. The summed E-state index contributed by atoms with van der Waals surface area (Å²) in [6.07, 6.45) is 2.83. The van der Waals surface area contributed by atoms with Gasteiger partial charge >= 0.3 is 0 Å². The first kappa shape index (κ1) is 12.8. The molecule has 1 N–H and O–H groups in total. The number of hydrogen-bond donors (Lipinski definition) is 1. The van der Waals surface area contributed by atoms with Gasteiger partial charge in [-0.25, -0.2) is 0 Å². The summed E-state index contributed by atoms with van der Waals surface area (Å²) in [7, 11) is 1.75. The molecule has 0 radical (unpaired) electrons. The molecule has 0 saturated carbocycles. The van der Waals surface area contributed by atoms with Gasteiger partial charge in [-0.3, -0.25) is 4.98 Å². The number of hydrogen-bond acceptors (Lipinski definition) is 3. The minimum atomic E-state index is -0.0860. The van der Waals surface area contributed by atoms with Crippen LogP contribution in [-0.2, 0) is 4.74 Å². The second-order valence-electron chi connectivity index (χ2n) is 5.06. The van der Waals surface area contributed by atoms with Gasteiger partial charge in [0.2, 0.25) is 0 Å². The number of anilines is 1. The highest BCUT2D eigenvalue weighted by Gasteiger charge is 2.15. The van der Waals surface area contributed by atoms with Gasteiger partial charge in [-0.15, -0.1) is 0 Å². The molecule has 0 aliphatic heterocycles. The van der Waals surface area contributed by atoms with E-state index in [1.807, 2.05) is 24.4 Å². The third-order valence-electron chi connectivity index (χ3n) is 3.20. The van der Waals surface area contributed by atoms with Gasteiger partial charge in [0, 0.05) is 19.0 Å². The van der Waals surface area contributed by atoms with Gasteiger partial charge in [0.05, 0.1) is 23.0 Å². The van der Waals surface area contributed by atoms with E-state index in [0.29, 0.717) is 0 Å². The maximum Gasteiger partial charge on any atom is 0.0703 e. The maximum absolute atomic E-state index is 5.39. The van der Waals surface area contributed by atoms with Crippen molar-refractivity contribution in [1.82, 2.24) is 4.98 Å². The molecule has 3 nitrogen and oxygen atoms in total. The smallest absolute Gasteiger partial charge is 0.0703 e. The molecular weight excluding hydrogens is 224 g/mol. The molecule has 1 aromatic heterocycles. The summed E-state index contributed by atoms with van der Waals surface area (Å²) in [6.45, 7) is 5.06. The summed E-state index contributed by atoms with van der Waals surface area (Å²) < 4.78 is 5.39. The molecule has 0 atom stereocenters. The van der Waals surface area contributed by atoms with Crippen LogP contribution in [0.2, 0.25) is 0 Å². The van der Waals surface area contributed by atoms with Crippen molar-refractivity contribution in [3.63, 3.8) is 0 Å². The van der Waals surface area contributed by atoms with Gasteiger partial charge < -0.3 is 10.1 Å². The summed E-state index contributed by atoms with van der Waals surface area (Å²) in [4.78, 5) is 4.42. The molecule has 0 saturated heterocycles. The first-order chi connectivity index (χ1) is 8.61. The zero-order valence-electron chi connectivity index (χ0n) is 11.2. The molecule has 3 heteroatoms. The standard InChI is InChI=1S/C15H20N2O/c1-15(2,18-3)8-9-16-13-10-12-6-4-5-7-14(12)17-11-13/h4-7,10-11,16H,8-9H2,1-3H3. The number of methoxy groups -OCH3 is 1. The number of nitrogens with zero attached hydrogens (tertiary/aromatic N) is 1. The molecule has 0 fully saturated rings. The number of pyridine rings is 1. The summed E-state index contributed by atoms with van der Waals surface area (Å²) in [5.41, 5.74) is 2.00. The van der Waals surface area contributed by atoms with E-state index in [1.54, 1.807) is 7.11 Å². The lowest BCUT2D eigenvalue weighted by Gasteiger charge is -2.23. The molecule has 0 spiro atoms. The summed E-state index contributed by atoms with van der Waals surface area (Å²) in [6, 6.07) is 10.3. The van der Waals surface area contributed by atoms with Crippen molar-refractivity contribution in [3.8, 4) is 0 Å². The Morgan fingerprint density at radius 3 is 2.83 bits per heavy atom. The van der Waals surface area contributed by atoms with E-state index in [-0.39, 0.29) is 5.60 Å². The van der Waals surface area contributed by atoms with Crippen LogP contribution in [0, 0.1) is 0 Å². The molecule has 0 aliphatic carbocycles. The van der Waals surface area contributed by atoms with Gasteiger partial charge in [0.15, 0.2) is 0 Å². The van der Waals surface area contributed by atoms with Crippen LogP contribution in [-0.4, -0.2) is 24.2 Å². The number of nitrogens with one attached hydrogen (secondary N) is 1. The van der Waals surface area contributed by atoms with Crippen LogP contribution in [0.3, 0.4) is 0 Å². The van der Waals surface area contributed by atoms with Crippen LogP contribution < -0.4 is 5.32 Å². The predicted octanol–water partition coefficient (Wildman–Crippen LogP) is 3.46. The van der Waals surface area contributed by atoms with Crippen LogP contribution in [0.15, 0.2) is 36.5 Å². The largest absolute Gasteiger partial charge is 0.384 e. The zero-order valence-corrected chi connectivity index (χ0v) is 11.2. The van der Waals surface area contributed by atoms with Gasteiger partial charge in [0.1, 0.15) is 0 Å². The van der Waals surface area contributed by atoms with Crippen LogP contribution in [0.25, 0.3) is 10.9 Å². The lowest BCUT2D eigenvalue weighted by Crippen LogP contribution is -2.25. The van der Waals surface area contributed by atoms with Crippen molar-refractivity contribution in [3.05, 3.63) is 36.5 Å². The lowest BCUT2D eigenvalue weighted by atomic mass is 10.1. The Morgan fingerprint density at radius 2 is 2.06 bits per heavy atom. The maximum atomic E-state index is 5.39. The van der Waals surface area contributed by atoms with Crippen LogP contribution in [0.4, 0.5) is 5.69 Å². The van der Waals surface area contributed by atoms with Gasteiger partial charge in [-0.1, -0.05) is 18.2 Å². The normalized spacial score (nSPS) is 11.7. The van der Waals surface area contributed by atoms with Crippen LogP contribution in [0.5, 0.6) is 0 Å². The molecule has 2 aromatic rings. The third-order valence-corrected chi connectivity index (χ3v) is 3.20. The van der Waals surface area contributed by atoms with Crippen LogP contribution >= 0.6 is 0 Å². The molecular formula is C15H20N2O. The Labute approximate surface area is 108 Å². The van der Waals surface area contributed by atoms with Gasteiger partial charge in [-0.05, 0) is 32.4 Å². The monoisotopic (exact) mass is 244 g/mol. The fourth-order valence-corrected chi connectivity index (χ4v) is 1.78. The van der Waals surface area contributed by atoms with Crippen molar-refractivity contribution in [2.24, 2.45) is 0 Å². The fourth-order valence-electron chi connectivity index (χ4n) is 1.78. The quantitative estimate of drug-likeness (QED) is 0.874. The first-order valence-electron chi connectivity index (χ1n) is 6.24. The molecule has 1 aromatic carbocycles. The molecule has 0 bridgehead atoms. The van der Waals surface area contributed by atoms with Crippen molar-refractivity contribution < 1.29 is 4.74 Å². The van der Waals surface area contributed by atoms with E-state index in [1.165, 1.54) is 0 Å². The topological polar surface area (TPSA) is 34.1 Å². The zero-order chi connectivity index (χ0) is 13.0.